The molecule has 1 heterocycles. The first kappa shape index (κ1) is 13.3. The second kappa shape index (κ2) is 6.20. The lowest BCUT2D eigenvalue weighted by atomic mass is 9.89. The molecule has 4 heteroatoms. The quantitative estimate of drug-likeness (QED) is 0.849. The van der Waals surface area contributed by atoms with Crippen molar-refractivity contribution in [3.63, 3.8) is 0 Å². The van der Waals surface area contributed by atoms with Crippen molar-refractivity contribution in [1.29, 1.82) is 0 Å². The van der Waals surface area contributed by atoms with Gasteiger partial charge < -0.3 is 10.1 Å². The van der Waals surface area contributed by atoms with E-state index in [0.717, 1.165) is 31.7 Å². The highest BCUT2D eigenvalue weighted by molar-refractivity contribution is 5.58. The minimum Gasteiger partial charge on any atom is -0.378 e. The molecule has 1 aromatic heterocycles. The second-order valence-electron chi connectivity index (χ2n) is 5.29. The average molecular weight is 271 g/mol. The number of benzene rings is 1. The van der Waals surface area contributed by atoms with E-state index in [0.29, 0.717) is 12.1 Å². The van der Waals surface area contributed by atoms with Crippen LogP contribution < -0.4 is 5.32 Å². The van der Waals surface area contributed by atoms with E-state index in [-0.39, 0.29) is 0 Å². The van der Waals surface area contributed by atoms with Gasteiger partial charge in [-0.1, -0.05) is 24.3 Å². The van der Waals surface area contributed by atoms with Crippen LogP contribution in [-0.2, 0) is 11.3 Å². The van der Waals surface area contributed by atoms with E-state index in [2.05, 4.69) is 46.7 Å². The fourth-order valence-corrected chi connectivity index (χ4v) is 2.59. The standard InChI is InChI=1S/C16H21N3O/c1-2-20-15-9-14(10-15)17-11-12-3-5-13(6-4-12)16-7-8-18-19-16/h3-8,14-15,17H,2,9-11H2,1H3,(H,18,19). The highest BCUT2D eigenvalue weighted by Crippen LogP contribution is 2.23. The van der Waals surface area contributed by atoms with E-state index in [1.54, 1.807) is 6.20 Å². The fraction of sp³-hybridized carbons (Fsp3) is 0.438. The van der Waals surface area contributed by atoms with Gasteiger partial charge in [0.05, 0.1) is 11.8 Å². The molecule has 0 saturated heterocycles. The zero-order valence-electron chi connectivity index (χ0n) is 11.8. The largest absolute Gasteiger partial charge is 0.378 e. The maximum Gasteiger partial charge on any atom is 0.0650 e. The number of ether oxygens (including phenoxy) is 1. The SMILES string of the molecule is CCOC1CC(NCc2ccc(-c3ccn[nH]3)cc2)C1. The maximum absolute atomic E-state index is 5.57. The van der Waals surface area contributed by atoms with Crippen molar-refractivity contribution in [1.82, 2.24) is 15.5 Å². The Morgan fingerprint density at radius 3 is 2.70 bits per heavy atom. The molecule has 1 saturated carbocycles. The Morgan fingerprint density at radius 1 is 1.25 bits per heavy atom. The van der Waals surface area contributed by atoms with Crippen LogP contribution in [0.25, 0.3) is 11.3 Å². The summed E-state index contributed by atoms with van der Waals surface area (Å²) in [5.41, 5.74) is 3.54. The van der Waals surface area contributed by atoms with Gasteiger partial charge in [-0.25, -0.2) is 0 Å². The number of H-pyrrole nitrogens is 1. The van der Waals surface area contributed by atoms with Crippen molar-refractivity contribution in [3.8, 4) is 11.3 Å². The summed E-state index contributed by atoms with van der Waals surface area (Å²) in [6.07, 6.45) is 4.52. The molecule has 1 aromatic carbocycles. The molecule has 4 nitrogen and oxygen atoms in total. The van der Waals surface area contributed by atoms with Gasteiger partial charge in [0.15, 0.2) is 0 Å². The molecule has 1 fully saturated rings. The Labute approximate surface area is 119 Å². The van der Waals surface area contributed by atoms with Gasteiger partial charge in [0.25, 0.3) is 0 Å². The monoisotopic (exact) mass is 271 g/mol. The molecule has 106 valence electrons. The van der Waals surface area contributed by atoms with Gasteiger partial charge in [0.2, 0.25) is 0 Å². The van der Waals surface area contributed by atoms with Crippen LogP contribution in [-0.4, -0.2) is 29.0 Å². The summed E-state index contributed by atoms with van der Waals surface area (Å²) in [5, 5.41) is 10.5. The van der Waals surface area contributed by atoms with Gasteiger partial charge in [-0.15, -0.1) is 0 Å². The lowest BCUT2D eigenvalue weighted by molar-refractivity contribution is -0.0102. The molecule has 3 rings (SSSR count). The third-order valence-corrected chi connectivity index (χ3v) is 3.86. The normalized spacial score (nSPS) is 21.6. The molecular formula is C16H21N3O. The minimum atomic E-state index is 0.472. The summed E-state index contributed by atoms with van der Waals surface area (Å²) in [5.74, 6) is 0. The molecule has 0 spiro atoms. The van der Waals surface area contributed by atoms with E-state index >= 15 is 0 Å². The third-order valence-electron chi connectivity index (χ3n) is 3.86. The van der Waals surface area contributed by atoms with Crippen molar-refractivity contribution >= 4 is 0 Å². The Morgan fingerprint density at radius 2 is 2.05 bits per heavy atom. The topological polar surface area (TPSA) is 49.9 Å². The van der Waals surface area contributed by atoms with Gasteiger partial charge in [-0.2, -0.15) is 5.10 Å². The van der Waals surface area contributed by atoms with Crippen molar-refractivity contribution in [2.45, 2.75) is 38.5 Å². The van der Waals surface area contributed by atoms with Crippen molar-refractivity contribution in [2.75, 3.05) is 6.61 Å². The molecule has 0 radical (unpaired) electrons. The van der Waals surface area contributed by atoms with Gasteiger partial charge in [0, 0.05) is 25.4 Å². The molecule has 0 amide bonds. The van der Waals surface area contributed by atoms with Gasteiger partial charge in [-0.3, -0.25) is 5.10 Å². The van der Waals surface area contributed by atoms with E-state index in [1.165, 1.54) is 11.1 Å². The smallest absolute Gasteiger partial charge is 0.0650 e. The number of nitrogens with one attached hydrogen (secondary N) is 2. The Hall–Kier alpha value is -1.65. The second-order valence-corrected chi connectivity index (χ2v) is 5.29. The van der Waals surface area contributed by atoms with Crippen LogP contribution in [0.4, 0.5) is 0 Å². The first-order valence-corrected chi connectivity index (χ1v) is 7.29. The van der Waals surface area contributed by atoms with E-state index < -0.39 is 0 Å². The summed E-state index contributed by atoms with van der Waals surface area (Å²) in [6.45, 7) is 3.81. The summed E-state index contributed by atoms with van der Waals surface area (Å²) in [6, 6.07) is 11.2. The van der Waals surface area contributed by atoms with Crippen LogP contribution in [0.5, 0.6) is 0 Å². The Balaban J connectivity index is 1.47. The van der Waals surface area contributed by atoms with Gasteiger partial charge in [-0.05, 0) is 37.0 Å². The van der Waals surface area contributed by atoms with Crippen molar-refractivity contribution in [3.05, 3.63) is 42.1 Å². The Bertz CT molecular complexity index is 515. The van der Waals surface area contributed by atoms with Crippen LogP contribution in [0, 0.1) is 0 Å². The number of hydrogen-bond acceptors (Lipinski definition) is 3. The number of rotatable bonds is 6. The molecule has 0 aliphatic heterocycles. The van der Waals surface area contributed by atoms with Crippen molar-refractivity contribution < 1.29 is 4.74 Å². The highest BCUT2D eigenvalue weighted by Gasteiger charge is 2.28. The molecule has 1 aliphatic carbocycles. The summed E-state index contributed by atoms with van der Waals surface area (Å²) in [4.78, 5) is 0. The molecule has 2 N–H and O–H groups in total. The summed E-state index contributed by atoms with van der Waals surface area (Å²) < 4.78 is 5.57. The first-order valence-electron chi connectivity index (χ1n) is 7.29. The zero-order chi connectivity index (χ0) is 13.8. The lowest BCUT2D eigenvalue weighted by Gasteiger charge is -2.35. The summed E-state index contributed by atoms with van der Waals surface area (Å²) in [7, 11) is 0. The maximum atomic E-state index is 5.57. The van der Waals surface area contributed by atoms with Crippen LogP contribution in [0.3, 0.4) is 0 Å². The van der Waals surface area contributed by atoms with Crippen molar-refractivity contribution in [2.24, 2.45) is 0 Å². The molecule has 2 aromatic rings. The van der Waals surface area contributed by atoms with E-state index in [4.69, 9.17) is 4.74 Å². The average Bonchev–Trinajstić information content (AvgIpc) is 2.96. The molecule has 0 atom stereocenters. The lowest BCUT2D eigenvalue weighted by Crippen LogP contribution is -2.45. The molecular weight excluding hydrogens is 250 g/mol. The first-order chi connectivity index (χ1) is 9.85. The fourth-order valence-electron chi connectivity index (χ4n) is 2.59. The predicted octanol–water partition coefficient (Wildman–Crippen LogP) is 2.73. The number of hydrogen-bond donors (Lipinski definition) is 2. The van der Waals surface area contributed by atoms with Gasteiger partial charge >= 0.3 is 0 Å². The van der Waals surface area contributed by atoms with Gasteiger partial charge in [0.1, 0.15) is 0 Å². The molecule has 1 aliphatic rings. The molecule has 0 unspecified atom stereocenters. The van der Waals surface area contributed by atoms with Crippen LogP contribution in [0.1, 0.15) is 25.3 Å². The Kier molecular flexibility index (Phi) is 4.14. The highest BCUT2D eigenvalue weighted by atomic mass is 16.5. The zero-order valence-corrected chi connectivity index (χ0v) is 11.8. The number of aromatic nitrogens is 2. The van der Waals surface area contributed by atoms with Crippen LogP contribution in [0.15, 0.2) is 36.5 Å². The molecule has 20 heavy (non-hydrogen) atoms. The predicted molar refractivity (Wildman–Crippen MR) is 79.3 cm³/mol. The number of nitrogens with zero attached hydrogens (tertiary/aromatic N) is 1. The molecule has 0 bridgehead atoms. The van der Waals surface area contributed by atoms with E-state index in [1.807, 2.05) is 6.07 Å². The third kappa shape index (κ3) is 3.08. The summed E-state index contributed by atoms with van der Waals surface area (Å²) >= 11 is 0. The number of aromatic amines is 1. The minimum absolute atomic E-state index is 0.472. The van der Waals surface area contributed by atoms with E-state index in [9.17, 15) is 0 Å². The van der Waals surface area contributed by atoms with Crippen LogP contribution in [0.2, 0.25) is 0 Å². The van der Waals surface area contributed by atoms with Crippen LogP contribution >= 0.6 is 0 Å².